The number of hydrogen-bond acceptors (Lipinski definition) is 4. The van der Waals surface area contributed by atoms with E-state index in [1.54, 1.807) is 0 Å². The number of nitrogens with one attached hydrogen (secondary N) is 3. The Morgan fingerprint density at radius 3 is 2.28 bits per heavy atom. The average Bonchev–Trinajstić information content (AvgIpc) is 2.31. The van der Waals surface area contributed by atoms with Gasteiger partial charge in [0.1, 0.15) is 0 Å². The van der Waals surface area contributed by atoms with E-state index in [4.69, 9.17) is 0 Å². The van der Waals surface area contributed by atoms with Gasteiger partial charge in [0, 0.05) is 12.2 Å². The zero-order valence-corrected chi connectivity index (χ0v) is 12.2. The minimum atomic E-state index is -0.211. The molecule has 0 bridgehead atoms. The predicted octanol–water partition coefficient (Wildman–Crippen LogP) is 0.341. The SMILES string of the molecule is C=C(CNC(=O)CNC(=O)CSC)NCC(C)C. The minimum absolute atomic E-state index is 0.0108. The third kappa shape index (κ3) is 10.0. The van der Waals surface area contributed by atoms with Gasteiger partial charge in [-0.2, -0.15) is 11.8 Å². The van der Waals surface area contributed by atoms with E-state index in [0.717, 1.165) is 12.2 Å². The molecule has 0 spiro atoms. The Morgan fingerprint density at radius 1 is 1.11 bits per heavy atom. The predicted molar refractivity (Wildman–Crippen MR) is 76.4 cm³/mol. The monoisotopic (exact) mass is 273 g/mol. The van der Waals surface area contributed by atoms with Crippen LogP contribution in [0.5, 0.6) is 0 Å². The van der Waals surface area contributed by atoms with Crippen molar-refractivity contribution >= 4 is 23.6 Å². The Labute approximate surface area is 113 Å². The Kier molecular flexibility index (Phi) is 9.18. The van der Waals surface area contributed by atoms with Crippen molar-refractivity contribution in [1.82, 2.24) is 16.0 Å². The molecule has 3 N–H and O–H groups in total. The first-order valence-electron chi connectivity index (χ1n) is 5.89. The highest BCUT2D eigenvalue weighted by Gasteiger charge is 2.05. The summed E-state index contributed by atoms with van der Waals surface area (Å²) in [5.74, 6) is 0.560. The number of rotatable bonds is 9. The molecule has 0 radical (unpaired) electrons. The highest BCUT2D eigenvalue weighted by molar-refractivity contribution is 7.99. The van der Waals surface area contributed by atoms with E-state index in [2.05, 4.69) is 36.4 Å². The molecule has 0 saturated carbocycles. The van der Waals surface area contributed by atoms with Crippen LogP contribution in [-0.4, -0.2) is 43.5 Å². The third-order valence-corrected chi connectivity index (χ3v) is 2.53. The first-order valence-corrected chi connectivity index (χ1v) is 7.29. The number of hydrogen-bond donors (Lipinski definition) is 3. The smallest absolute Gasteiger partial charge is 0.239 e. The summed E-state index contributed by atoms with van der Waals surface area (Å²) in [6, 6.07) is 0. The Morgan fingerprint density at radius 2 is 1.72 bits per heavy atom. The lowest BCUT2D eigenvalue weighted by molar-refractivity contribution is -0.124. The number of amides is 2. The molecule has 0 aromatic rings. The van der Waals surface area contributed by atoms with Crippen LogP contribution in [0, 0.1) is 5.92 Å². The van der Waals surface area contributed by atoms with Crippen LogP contribution in [0.1, 0.15) is 13.8 Å². The standard InChI is InChI=1S/C12H23N3O2S/c1-9(2)5-13-10(3)6-14-11(16)7-15-12(17)8-18-4/h9,13H,3,5-8H2,1-2,4H3,(H,14,16)(H,15,17). The normalized spacial score (nSPS) is 10.0. The van der Waals surface area contributed by atoms with Crippen molar-refractivity contribution in [1.29, 1.82) is 0 Å². The molecular formula is C12H23N3O2S. The largest absolute Gasteiger partial charge is 0.387 e. The summed E-state index contributed by atoms with van der Waals surface area (Å²) in [6.07, 6.45) is 1.84. The van der Waals surface area contributed by atoms with Crippen LogP contribution in [-0.2, 0) is 9.59 Å². The van der Waals surface area contributed by atoms with Crippen LogP contribution in [0.15, 0.2) is 12.3 Å². The molecule has 0 aliphatic carbocycles. The maximum absolute atomic E-state index is 11.4. The van der Waals surface area contributed by atoms with Gasteiger partial charge in [-0.05, 0) is 12.2 Å². The summed E-state index contributed by atoms with van der Waals surface area (Å²) in [7, 11) is 0. The quantitative estimate of drug-likeness (QED) is 0.567. The average molecular weight is 273 g/mol. The Hall–Kier alpha value is -1.17. The molecule has 5 nitrogen and oxygen atoms in total. The molecule has 6 heteroatoms. The van der Waals surface area contributed by atoms with Gasteiger partial charge in [-0.1, -0.05) is 20.4 Å². The highest BCUT2D eigenvalue weighted by atomic mass is 32.2. The van der Waals surface area contributed by atoms with Gasteiger partial charge in [0.15, 0.2) is 0 Å². The van der Waals surface area contributed by atoms with Crippen molar-refractivity contribution < 1.29 is 9.59 Å². The Bertz CT molecular complexity index is 293. The third-order valence-electron chi connectivity index (χ3n) is 1.98. The van der Waals surface area contributed by atoms with Crippen LogP contribution in [0.2, 0.25) is 0 Å². The molecule has 104 valence electrons. The van der Waals surface area contributed by atoms with Gasteiger partial charge in [0.05, 0.1) is 18.8 Å². The molecule has 0 aromatic carbocycles. The first kappa shape index (κ1) is 16.8. The summed E-state index contributed by atoms with van der Waals surface area (Å²) < 4.78 is 0. The fourth-order valence-corrected chi connectivity index (χ4v) is 1.40. The molecule has 2 amide bonds. The van der Waals surface area contributed by atoms with Gasteiger partial charge in [0.2, 0.25) is 11.8 Å². The Balaban J connectivity index is 3.64. The van der Waals surface area contributed by atoms with Gasteiger partial charge in [0.25, 0.3) is 0 Å². The van der Waals surface area contributed by atoms with Crippen LogP contribution < -0.4 is 16.0 Å². The number of carbonyl (C=O) groups excluding carboxylic acids is 2. The molecule has 0 fully saturated rings. The lowest BCUT2D eigenvalue weighted by Crippen LogP contribution is -2.39. The summed E-state index contributed by atoms with van der Waals surface area (Å²) in [5, 5.41) is 8.34. The molecule has 0 aliphatic heterocycles. The summed E-state index contributed by atoms with van der Waals surface area (Å²) >= 11 is 1.42. The molecular weight excluding hydrogens is 250 g/mol. The van der Waals surface area contributed by atoms with Crippen molar-refractivity contribution in [3.63, 3.8) is 0 Å². The van der Waals surface area contributed by atoms with E-state index in [1.165, 1.54) is 11.8 Å². The summed E-state index contributed by atoms with van der Waals surface area (Å²) in [6.45, 7) is 9.22. The molecule has 0 unspecified atom stereocenters. The van der Waals surface area contributed by atoms with Gasteiger partial charge in [-0.15, -0.1) is 0 Å². The van der Waals surface area contributed by atoms with Crippen LogP contribution in [0.4, 0.5) is 0 Å². The van der Waals surface area contributed by atoms with E-state index in [0.29, 0.717) is 18.2 Å². The van der Waals surface area contributed by atoms with Crippen molar-refractivity contribution in [2.45, 2.75) is 13.8 Å². The molecule has 0 aromatic heterocycles. The van der Waals surface area contributed by atoms with Crippen molar-refractivity contribution in [2.24, 2.45) is 5.92 Å². The maximum Gasteiger partial charge on any atom is 0.239 e. The molecule has 0 heterocycles. The van der Waals surface area contributed by atoms with Gasteiger partial charge < -0.3 is 16.0 Å². The second-order valence-corrected chi connectivity index (χ2v) is 5.23. The molecule has 0 rings (SSSR count). The number of thioether (sulfide) groups is 1. The van der Waals surface area contributed by atoms with Crippen LogP contribution in [0.25, 0.3) is 0 Å². The maximum atomic E-state index is 11.4. The zero-order chi connectivity index (χ0) is 14.0. The van der Waals surface area contributed by atoms with E-state index < -0.39 is 0 Å². The summed E-state index contributed by atoms with van der Waals surface area (Å²) in [4.78, 5) is 22.5. The molecule has 0 aliphatic rings. The fraction of sp³-hybridized carbons (Fsp3) is 0.667. The van der Waals surface area contributed by atoms with Gasteiger partial charge >= 0.3 is 0 Å². The van der Waals surface area contributed by atoms with Gasteiger partial charge in [-0.25, -0.2) is 0 Å². The van der Waals surface area contributed by atoms with Crippen LogP contribution in [0.3, 0.4) is 0 Å². The first-order chi connectivity index (χ1) is 8.45. The van der Waals surface area contributed by atoms with E-state index in [9.17, 15) is 9.59 Å². The van der Waals surface area contributed by atoms with E-state index in [1.807, 2.05) is 6.26 Å². The fourth-order valence-electron chi connectivity index (χ4n) is 1.04. The summed E-state index contributed by atoms with van der Waals surface area (Å²) in [5.41, 5.74) is 0.771. The molecule has 0 saturated heterocycles. The lowest BCUT2D eigenvalue weighted by Gasteiger charge is -2.12. The van der Waals surface area contributed by atoms with Crippen molar-refractivity contribution in [2.75, 3.05) is 31.6 Å². The molecule has 18 heavy (non-hydrogen) atoms. The van der Waals surface area contributed by atoms with Crippen LogP contribution >= 0.6 is 11.8 Å². The van der Waals surface area contributed by atoms with Crippen molar-refractivity contribution in [3.8, 4) is 0 Å². The lowest BCUT2D eigenvalue weighted by atomic mass is 10.2. The second kappa shape index (κ2) is 9.82. The van der Waals surface area contributed by atoms with Gasteiger partial charge in [-0.3, -0.25) is 9.59 Å². The molecule has 0 atom stereocenters. The minimum Gasteiger partial charge on any atom is -0.387 e. The zero-order valence-electron chi connectivity index (χ0n) is 11.3. The van der Waals surface area contributed by atoms with Crippen molar-refractivity contribution in [3.05, 3.63) is 12.3 Å². The second-order valence-electron chi connectivity index (χ2n) is 4.36. The van der Waals surface area contributed by atoms with E-state index in [-0.39, 0.29) is 18.4 Å². The number of carbonyl (C=O) groups is 2. The highest BCUT2D eigenvalue weighted by Crippen LogP contribution is 1.90. The van der Waals surface area contributed by atoms with E-state index >= 15 is 0 Å². The topological polar surface area (TPSA) is 70.2 Å².